The summed E-state index contributed by atoms with van der Waals surface area (Å²) >= 11 is 0. The SMILES string of the molecule is OCCNc1nc(N2CCc3ccccc3C2)nc2c1ncn2C1CCCCC1. The van der Waals surface area contributed by atoms with E-state index in [0.29, 0.717) is 18.4 Å². The number of imidazole rings is 1. The molecule has 1 fully saturated rings. The molecule has 2 aromatic heterocycles. The van der Waals surface area contributed by atoms with Crippen LogP contribution in [0.25, 0.3) is 11.2 Å². The van der Waals surface area contributed by atoms with Gasteiger partial charge in [0.25, 0.3) is 0 Å². The topological polar surface area (TPSA) is 79.1 Å². The Kier molecular flexibility index (Phi) is 5.06. The normalized spacial score (nSPS) is 17.5. The first kappa shape index (κ1) is 18.4. The molecule has 2 N–H and O–H groups in total. The number of benzene rings is 1. The van der Waals surface area contributed by atoms with Crippen LogP contribution in [0.5, 0.6) is 0 Å². The average Bonchev–Trinajstić information content (AvgIpc) is 3.22. The van der Waals surface area contributed by atoms with Gasteiger partial charge in [-0.2, -0.15) is 9.97 Å². The van der Waals surface area contributed by atoms with Crippen LogP contribution in [0.15, 0.2) is 30.6 Å². The minimum Gasteiger partial charge on any atom is -0.395 e. The standard InChI is InChI=1S/C22H28N6O/c29-13-11-23-20-19-21(28(15-24-19)18-8-2-1-3-9-18)26-22(25-20)27-12-10-16-6-4-5-7-17(16)14-27/h4-7,15,18,29H,1-3,8-14H2,(H,23,25,26). The second kappa shape index (κ2) is 7.99. The molecule has 29 heavy (non-hydrogen) atoms. The molecule has 0 bridgehead atoms. The fourth-order valence-electron chi connectivity index (χ4n) is 4.64. The molecule has 0 saturated heterocycles. The second-order valence-corrected chi connectivity index (χ2v) is 8.08. The summed E-state index contributed by atoms with van der Waals surface area (Å²) in [5.41, 5.74) is 4.45. The van der Waals surface area contributed by atoms with Crippen molar-refractivity contribution in [2.45, 2.75) is 51.1 Å². The number of nitrogens with zero attached hydrogens (tertiary/aromatic N) is 5. The van der Waals surface area contributed by atoms with Gasteiger partial charge in [0, 0.05) is 25.7 Å². The van der Waals surface area contributed by atoms with Crippen molar-refractivity contribution in [3.8, 4) is 0 Å². The minimum absolute atomic E-state index is 0.0568. The van der Waals surface area contributed by atoms with Gasteiger partial charge in [0.05, 0.1) is 12.9 Å². The second-order valence-electron chi connectivity index (χ2n) is 8.08. The number of aromatic nitrogens is 4. The van der Waals surface area contributed by atoms with Gasteiger partial charge in [0.1, 0.15) is 0 Å². The maximum Gasteiger partial charge on any atom is 0.229 e. The summed E-state index contributed by atoms with van der Waals surface area (Å²) in [6, 6.07) is 9.07. The van der Waals surface area contributed by atoms with E-state index in [2.05, 4.69) is 44.0 Å². The number of aliphatic hydroxyl groups excluding tert-OH is 1. The summed E-state index contributed by atoms with van der Waals surface area (Å²) in [5.74, 6) is 1.46. The van der Waals surface area contributed by atoms with Crippen molar-refractivity contribution in [3.63, 3.8) is 0 Å². The monoisotopic (exact) mass is 392 g/mol. The van der Waals surface area contributed by atoms with Crippen LogP contribution >= 0.6 is 0 Å². The van der Waals surface area contributed by atoms with Crippen LogP contribution in [0.1, 0.15) is 49.3 Å². The Morgan fingerprint density at radius 1 is 1.07 bits per heavy atom. The molecule has 0 amide bonds. The van der Waals surface area contributed by atoms with E-state index in [4.69, 9.17) is 9.97 Å². The van der Waals surface area contributed by atoms with Crippen LogP contribution in [0.4, 0.5) is 11.8 Å². The van der Waals surface area contributed by atoms with Crippen molar-refractivity contribution in [3.05, 3.63) is 41.7 Å². The first-order valence-corrected chi connectivity index (χ1v) is 10.7. The quantitative estimate of drug-likeness (QED) is 0.694. The van der Waals surface area contributed by atoms with Crippen LogP contribution < -0.4 is 10.2 Å². The molecule has 152 valence electrons. The van der Waals surface area contributed by atoms with Crippen molar-refractivity contribution < 1.29 is 5.11 Å². The average molecular weight is 393 g/mol. The molecule has 7 heteroatoms. The lowest BCUT2D eigenvalue weighted by molar-refractivity contribution is 0.311. The summed E-state index contributed by atoms with van der Waals surface area (Å²) in [4.78, 5) is 16.7. The molecule has 3 aromatic rings. The molecule has 1 aliphatic heterocycles. The number of anilines is 2. The number of hydrogen-bond donors (Lipinski definition) is 2. The Morgan fingerprint density at radius 2 is 1.90 bits per heavy atom. The number of nitrogens with one attached hydrogen (secondary N) is 1. The number of aliphatic hydroxyl groups is 1. The van der Waals surface area contributed by atoms with E-state index in [-0.39, 0.29) is 6.61 Å². The maximum absolute atomic E-state index is 9.29. The summed E-state index contributed by atoms with van der Waals surface area (Å²) < 4.78 is 2.25. The van der Waals surface area contributed by atoms with Crippen LogP contribution in [-0.2, 0) is 13.0 Å². The number of fused-ring (bicyclic) bond motifs is 2. The Morgan fingerprint density at radius 3 is 2.72 bits per heavy atom. The molecule has 0 radical (unpaired) electrons. The van der Waals surface area contributed by atoms with E-state index in [1.165, 1.54) is 43.2 Å². The van der Waals surface area contributed by atoms with E-state index in [0.717, 1.165) is 36.6 Å². The van der Waals surface area contributed by atoms with Gasteiger partial charge in [-0.1, -0.05) is 43.5 Å². The first-order valence-electron chi connectivity index (χ1n) is 10.7. The highest BCUT2D eigenvalue weighted by molar-refractivity contribution is 5.84. The molecule has 1 saturated carbocycles. The summed E-state index contributed by atoms with van der Waals surface area (Å²) in [6.45, 7) is 2.23. The van der Waals surface area contributed by atoms with Crippen LogP contribution in [0, 0.1) is 0 Å². The molecule has 5 rings (SSSR count). The van der Waals surface area contributed by atoms with Crippen molar-refractivity contribution in [2.75, 3.05) is 29.9 Å². The van der Waals surface area contributed by atoms with Gasteiger partial charge < -0.3 is 19.9 Å². The predicted molar refractivity (Wildman–Crippen MR) is 114 cm³/mol. The summed E-state index contributed by atoms with van der Waals surface area (Å²) in [7, 11) is 0. The fourth-order valence-corrected chi connectivity index (χ4v) is 4.64. The Labute approximate surface area is 170 Å². The Hall–Kier alpha value is -2.67. The lowest BCUT2D eigenvalue weighted by Crippen LogP contribution is -2.32. The van der Waals surface area contributed by atoms with E-state index < -0.39 is 0 Å². The molecule has 0 spiro atoms. The molecule has 3 heterocycles. The van der Waals surface area contributed by atoms with Gasteiger partial charge in [0.15, 0.2) is 17.0 Å². The number of hydrogen-bond acceptors (Lipinski definition) is 6. The summed E-state index contributed by atoms with van der Waals surface area (Å²) in [5, 5.41) is 12.5. The van der Waals surface area contributed by atoms with Crippen molar-refractivity contribution in [1.29, 1.82) is 0 Å². The highest BCUT2D eigenvalue weighted by Gasteiger charge is 2.24. The van der Waals surface area contributed by atoms with E-state index in [1.807, 2.05) is 6.33 Å². The molecular weight excluding hydrogens is 364 g/mol. The third kappa shape index (κ3) is 3.55. The van der Waals surface area contributed by atoms with Crippen molar-refractivity contribution in [1.82, 2.24) is 19.5 Å². The van der Waals surface area contributed by atoms with Gasteiger partial charge in [-0.05, 0) is 30.4 Å². The van der Waals surface area contributed by atoms with Gasteiger partial charge in [-0.3, -0.25) is 0 Å². The van der Waals surface area contributed by atoms with Crippen molar-refractivity contribution in [2.24, 2.45) is 0 Å². The van der Waals surface area contributed by atoms with Gasteiger partial charge in [-0.25, -0.2) is 4.98 Å². The molecular formula is C22H28N6O. The highest BCUT2D eigenvalue weighted by Crippen LogP contribution is 2.33. The van der Waals surface area contributed by atoms with E-state index >= 15 is 0 Å². The molecule has 1 aliphatic carbocycles. The van der Waals surface area contributed by atoms with Crippen molar-refractivity contribution >= 4 is 22.9 Å². The van der Waals surface area contributed by atoms with Crippen LogP contribution in [-0.4, -0.2) is 44.3 Å². The third-order valence-electron chi connectivity index (χ3n) is 6.20. The smallest absolute Gasteiger partial charge is 0.229 e. The first-order chi connectivity index (χ1) is 14.3. The molecule has 2 aliphatic rings. The third-order valence-corrected chi connectivity index (χ3v) is 6.20. The van der Waals surface area contributed by atoms with Crippen LogP contribution in [0.2, 0.25) is 0 Å². The molecule has 1 aromatic carbocycles. The fraction of sp³-hybridized carbons (Fsp3) is 0.500. The van der Waals surface area contributed by atoms with Gasteiger partial charge >= 0.3 is 0 Å². The molecule has 0 atom stereocenters. The van der Waals surface area contributed by atoms with E-state index in [1.54, 1.807) is 0 Å². The van der Waals surface area contributed by atoms with Gasteiger partial charge in [-0.15, -0.1) is 0 Å². The maximum atomic E-state index is 9.29. The summed E-state index contributed by atoms with van der Waals surface area (Å²) in [6.07, 6.45) is 9.14. The Balaban J connectivity index is 1.54. The minimum atomic E-state index is 0.0568. The zero-order valence-corrected chi connectivity index (χ0v) is 16.7. The predicted octanol–water partition coefficient (Wildman–Crippen LogP) is 3.30. The molecule has 7 nitrogen and oxygen atoms in total. The molecule has 0 unspecified atom stereocenters. The highest BCUT2D eigenvalue weighted by atomic mass is 16.3. The van der Waals surface area contributed by atoms with Crippen LogP contribution in [0.3, 0.4) is 0 Å². The Bertz CT molecular complexity index is 994. The van der Waals surface area contributed by atoms with Gasteiger partial charge in [0.2, 0.25) is 5.95 Å². The lowest BCUT2D eigenvalue weighted by Gasteiger charge is -2.29. The zero-order chi connectivity index (χ0) is 19.6. The zero-order valence-electron chi connectivity index (χ0n) is 16.7. The van der Waals surface area contributed by atoms with E-state index in [9.17, 15) is 5.11 Å². The lowest BCUT2D eigenvalue weighted by atomic mass is 9.95. The number of rotatable bonds is 5. The largest absolute Gasteiger partial charge is 0.395 e.